The molecule has 6 nitrogen and oxygen atoms in total. The fraction of sp³-hybridized carbons (Fsp3) is 0.273. The molecule has 1 fully saturated rings. The molecule has 2 aromatic carbocycles. The van der Waals surface area contributed by atoms with Gasteiger partial charge >= 0.3 is 0 Å². The monoisotopic (exact) mass is 424 g/mol. The van der Waals surface area contributed by atoms with Gasteiger partial charge in [-0.25, -0.2) is 4.39 Å². The molecule has 8 heteroatoms. The number of hydrogen-bond acceptors (Lipinski definition) is 5. The van der Waals surface area contributed by atoms with E-state index in [0.717, 1.165) is 23.4 Å². The van der Waals surface area contributed by atoms with Gasteiger partial charge in [0.25, 0.3) is 11.8 Å². The molecule has 0 radical (unpaired) electrons. The highest BCUT2D eigenvalue weighted by Gasteiger charge is 2.28. The highest BCUT2D eigenvalue weighted by molar-refractivity contribution is 7.13. The molecule has 1 aromatic heterocycles. The smallest absolute Gasteiger partial charge is 0.286 e. The lowest BCUT2D eigenvalue weighted by Crippen LogP contribution is -2.39. The van der Waals surface area contributed by atoms with E-state index in [4.69, 9.17) is 0 Å². The van der Waals surface area contributed by atoms with Crippen molar-refractivity contribution in [1.82, 2.24) is 15.1 Å². The predicted octanol–water partition coefficient (Wildman–Crippen LogP) is 4.26. The molecule has 0 saturated carbocycles. The van der Waals surface area contributed by atoms with Crippen LogP contribution in [0.4, 0.5) is 10.1 Å². The quantitative estimate of drug-likeness (QED) is 0.679. The second-order valence-corrected chi connectivity index (χ2v) is 8.37. The van der Waals surface area contributed by atoms with E-state index < -0.39 is 0 Å². The van der Waals surface area contributed by atoms with Crippen LogP contribution in [0.1, 0.15) is 49.5 Å². The molecule has 3 aromatic rings. The molecule has 0 spiro atoms. The van der Waals surface area contributed by atoms with Gasteiger partial charge in [0, 0.05) is 30.3 Å². The number of aromatic nitrogens is 2. The largest absolute Gasteiger partial charge is 0.338 e. The molecule has 0 unspecified atom stereocenters. The molecule has 0 aliphatic carbocycles. The van der Waals surface area contributed by atoms with Gasteiger partial charge in [-0.15, -0.1) is 10.2 Å². The second-order valence-electron chi connectivity index (χ2n) is 7.36. The molecule has 0 bridgehead atoms. The molecule has 1 N–H and O–H groups in total. The molecule has 30 heavy (non-hydrogen) atoms. The Kier molecular flexibility index (Phi) is 5.85. The van der Waals surface area contributed by atoms with Crippen molar-refractivity contribution in [2.24, 2.45) is 0 Å². The van der Waals surface area contributed by atoms with E-state index in [1.54, 1.807) is 4.90 Å². The third-order valence-electron chi connectivity index (χ3n) is 5.09. The molecule has 1 saturated heterocycles. The molecular weight excluding hydrogens is 403 g/mol. The van der Waals surface area contributed by atoms with Gasteiger partial charge in [-0.2, -0.15) is 0 Å². The van der Waals surface area contributed by atoms with Crippen molar-refractivity contribution in [2.75, 3.05) is 18.4 Å². The Morgan fingerprint density at radius 3 is 2.57 bits per heavy atom. The average Bonchev–Trinajstić information content (AvgIpc) is 3.26. The first kappa shape index (κ1) is 20.2. The highest BCUT2D eigenvalue weighted by Crippen LogP contribution is 2.30. The number of carbonyl (C=O) groups is 2. The zero-order valence-electron chi connectivity index (χ0n) is 16.5. The lowest BCUT2D eigenvalue weighted by atomic mass is 9.98. The van der Waals surface area contributed by atoms with Crippen molar-refractivity contribution in [2.45, 2.75) is 25.7 Å². The maximum Gasteiger partial charge on any atom is 0.286 e. The Morgan fingerprint density at radius 2 is 1.83 bits per heavy atom. The van der Waals surface area contributed by atoms with Gasteiger partial charge in [-0.3, -0.25) is 9.59 Å². The van der Waals surface area contributed by atoms with E-state index in [0.29, 0.717) is 29.3 Å². The van der Waals surface area contributed by atoms with Crippen LogP contribution in [0.5, 0.6) is 0 Å². The van der Waals surface area contributed by atoms with E-state index in [-0.39, 0.29) is 23.5 Å². The molecule has 2 amide bonds. The molecule has 2 heterocycles. The van der Waals surface area contributed by atoms with Crippen molar-refractivity contribution in [1.29, 1.82) is 0 Å². The van der Waals surface area contributed by atoms with Crippen molar-refractivity contribution in [3.63, 3.8) is 0 Å². The van der Waals surface area contributed by atoms with Gasteiger partial charge in [0.05, 0.1) is 0 Å². The van der Waals surface area contributed by atoms with E-state index in [2.05, 4.69) is 15.5 Å². The number of nitrogens with zero attached hydrogens (tertiary/aromatic N) is 3. The first-order chi connectivity index (χ1) is 14.5. The van der Waals surface area contributed by atoms with Crippen LogP contribution in [0.2, 0.25) is 0 Å². The van der Waals surface area contributed by atoms with Crippen molar-refractivity contribution in [3.8, 4) is 0 Å². The van der Waals surface area contributed by atoms with Gasteiger partial charge in [-0.05, 0) is 56.2 Å². The van der Waals surface area contributed by atoms with Crippen molar-refractivity contribution < 1.29 is 14.0 Å². The average molecular weight is 425 g/mol. The third kappa shape index (κ3) is 4.54. The highest BCUT2D eigenvalue weighted by atomic mass is 32.1. The summed E-state index contributed by atoms with van der Waals surface area (Å²) in [7, 11) is 0. The number of halogens is 1. The minimum atomic E-state index is -0.367. The molecule has 4 rings (SSSR count). The molecule has 1 aliphatic rings. The first-order valence-corrected chi connectivity index (χ1v) is 10.6. The Balaban J connectivity index is 1.42. The second kappa shape index (κ2) is 8.71. The summed E-state index contributed by atoms with van der Waals surface area (Å²) >= 11 is 1.26. The Hall–Kier alpha value is -3.13. The summed E-state index contributed by atoms with van der Waals surface area (Å²) in [4.78, 5) is 27.0. The number of nitrogens with one attached hydrogen (secondary N) is 1. The summed E-state index contributed by atoms with van der Waals surface area (Å²) < 4.78 is 13.1. The zero-order valence-corrected chi connectivity index (χ0v) is 17.3. The van der Waals surface area contributed by atoms with Gasteiger partial charge < -0.3 is 10.2 Å². The summed E-state index contributed by atoms with van der Waals surface area (Å²) in [6.07, 6.45) is 1.71. The Morgan fingerprint density at radius 1 is 1.10 bits per heavy atom. The van der Waals surface area contributed by atoms with E-state index in [1.807, 2.05) is 31.2 Å². The van der Waals surface area contributed by atoms with E-state index in [1.165, 1.54) is 35.6 Å². The SMILES string of the molecule is Cc1ccc(NC(=O)c2nnc([C@@H]3CCCN(C(=O)c4ccc(F)cc4)C3)s2)cc1. The first-order valence-electron chi connectivity index (χ1n) is 9.76. The normalized spacial score (nSPS) is 16.3. The molecule has 1 aliphatic heterocycles. The summed E-state index contributed by atoms with van der Waals surface area (Å²) in [5.41, 5.74) is 2.28. The Bertz CT molecular complexity index is 1050. The molecule has 154 valence electrons. The van der Waals surface area contributed by atoms with Gasteiger partial charge in [0.1, 0.15) is 10.8 Å². The lowest BCUT2D eigenvalue weighted by Gasteiger charge is -2.31. The number of aryl methyl sites for hydroxylation is 1. The lowest BCUT2D eigenvalue weighted by molar-refractivity contribution is 0.0706. The van der Waals surface area contributed by atoms with Crippen LogP contribution >= 0.6 is 11.3 Å². The van der Waals surface area contributed by atoms with Crippen LogP contribution in [0, 0.1) is 12.7 Å². The van der Waals surface area contributed by atoms with Crippen LogP contribution in [0.25, 0.3) is 0 Å². The predicted molar refractivity (Wildman–Crippen MR) is 113 cm³/mol. The number of amides is 2. The summed E-state index contributed by atoms with van der Waals surface area (Å²) in [5.74, 6) is -0.755. The maximum atomic E-state index is 13.1. The van der Waals surface area contributed by atoms with Gasteiger partial charge in [0.15, 0.2) is 0 Å². The summed E-state index contributed by atoms with van der Waals surface area (Å²) in [6.45, 7) is 3.13. The van der Waals surface area contributed by atoms with Crippen molar-refractivity contribution >= 4 is 28.8 Å². The third-order valence-corrected chi connectivity index (χ3v) is 6.18. The number of piperidine rings is 1. The van der Waals surface area contributed by atoms with Crippen LogP contribution < -0.4 is 5.32 Å². The number of anilines is 1. The van der Waals surface area contributed by atoms with Crippen LogP contribution in [-0.4, -0.2) is 40.0 Å². The summed E-state index contributed by atoms with van der Waals surface area (Å²) in [5, 5.41) is 12.1. The topological polar surface area (TPSA) is 75.2 Å². The fourth-order valence-electron chi connectivity index (χ4n) is 3.45. The molecule has 1 atom stereocenters. The van der Waals surface area contributed by atoms with Crippen LogP contribution in [-0.2, 0) is 0 Å². The van der Waals surface area contributed by atoms with E-state index in [9.17, 15) is 14.0 Å². The minimum absolute atomic E-state index is 0.0292. The minimum Gasteiger partial charge on any atom is -0.338 e. The van der Waals surface area contributed by atoms with Crippen LogP contribution in [0.15, 0.2) is 48.5 Å². The Labute approximate surface area is 177 Å². The summed E-state index contributed by atoms with van der Waals surface area (Å²) in [6, 6.07) is 13.1. The van der Waals surface area contributed by atoms with Crippen molar-refractivity contribution in [3.05, 3.63) is 75.5 Å². The van der Waals surface area contributed by atoms with Crippen LogP contribution in [0.3, 0.4) is 0 Å². The number of hydrogen-bond donors (Lipinski definition) is 1. The number of carbonyl (C=O) groups excluding carboxylic acids is 2. The van der Waals surface area contributed by atoms with Gasteiger partial charge in [-0.1, -0.05) is 29.0 Å². The van der Waals surface area contributed by atoms with E-state index >= 15 is 0 Å². The standard InChI is InChI=1S/C22H21FN4O2S/c1-14-4-10-18(11-5-14)24-19(28)21-26-25-20(30-21)16-3-2-12-27(13-16)22(29)15-6-8-17(23)9-7-15/h4-11,16H,2-3,12-13H2,1H3,(H,24,28)/t16-/m1/s1. The number of benzene rings is 2. The number of rotatable bonds is 4. The fourth-order valence-corrected chi connectivity index (χ4v) is 4.32. The maximum absolute atomic E-state index is 13.1. The number of likely N-dealkylation sites (tertiary alicyclic amines) is 1. The van der Waals surface area contributed by atoms with Gasteiger partial charge in [0.2, 0.25) is 5.01 Å². The molecular formula is C22H21FN4O2S. The zero-order chi connectivity index (χ0) is 21.1.